The van der Waals surface area contributed by atoms with Gasteiger partial charge in [-0.2, -0.15) is 5.10 Å². The molecule has 4 nitrogen and oxygen atoms in total. The number of anilines is 2. The smallest absolute Gasteiger partial charge is 0.0625 e. The van der Waals surface area contributed by atoms with Crippen LogP contribution in [-0.4, -0.2) is 23.9 Å². The Morgan fingerprint density at radius 2 is 1.85 bits per heavy atom. The zero-order valence-corrected chi connectivity index (χ0v) is 12.8. The zero-order chi connectivity index (χ0) is 14.5. The van der Waals surface area contributed by atoms with Gasteiger partial charge >= 0.3 is 0 Å². The van der Waals surface area contributed by atoms with E-state index >= 15 is 0 Å². The van der Waals surface area contributed by atoms with E-state index in [9.17, 15) is 0 Å². The Bertz CT molecular complexity index is 540. The van der Waals surface area contributed by atoms with Crippen molar-refractivity contribution in [1.82, 2.24) is 9.78 Å². The van der Waals surface area contributed by atoms with Crippen molar-refractivity contribution in [3.05, 3.63) is 41.7 Å². The normalized spacial score (nSPS) is 10.6. The molecular weight excluding hydrogens is 248 g/mol. The van der Waals surface area contributed by atoms with Gasteiger partial charge in [0.15, 0.2) is 0 Å². The van der Waals surface area contributed by atoms with Crippen LogP contribution in [0.5, 0.6) is 0 Å². The number of hydrogen-bond donors (Lipinski definition) is 1. The molecule has 20 heavy (non-hydrogen) atoms. The van der Waals surface area contributed by atoms with Crippen molar-refractivity contribution in [2.75, 3.05) is 24.3 Å². The molecule has 4 heteroatoms. The van der Waals surface area contributed by atoms with E-state index in [0.717, 1.165) is 30.9 Å². The average Bonchev–Trinajstić information content (AvgIpc) is 2.88. The maximum atomic E-state index is 4.57. The van der Waals surface area contributed by atoms with E-state index in [4.69, 9.17) is 0 Å². The van der Waals surface area contributed by atoms with Gasteiger partial charge in [-0.15, -0.1) is 0 Å². The molecule has 1 N–H and O–H groups in total. The van der Waals surface area contributed by atoms with Gasteiger partial charge in [-0.1, -0.05) is 6.92 Å². The molecule has 0 fully saturated rings. The van der Waals surface area contributed by atoms with Gasteiger partial charge in [0, 0.05) is 32.0 Å². The Hall–Kier alpha value is -1.97. The van der Waals surface area contributed by atoms with E-state index in [1.54, 1.807) is 0 Å². The summed E-state index contributed by atoms with van der Waals surface area (Å²) in [6, 6.07) is 10.7. The molecule has 0 aliphatic carbocycles. The third-order valence-corrected chi connectivity index (χ3v) is 3.43. The first-order valence-electron chi connectivity index (χ1n) is 7.21. The van der Waals surface area contributed by atoms with E-state index in [-0.39, 0.29) is 0 Å². The van der Waals surface area contributed by atoms with Gasteiger partial charge in [-0.25, -0.2) is 0 Å². The molecule has 0 aliphatic rings. The van der Waals surface area contributed by atoms with Gasteiger partial charge in [0.05, 0.1) is 17.9 Å². The van der Waals surface area contributed by atoms with E-state index < -0.39 is 0 Å². The van der Waals surface area contributed by atoms with E-state index in [1.807, 2.05) is 0 Å². The third-order valence-electron chi connectivity index (χ3n) is 3.43. The van der Waals surface area contributed by atoms with Crippen molar-refractivity contribution in [3.8, 4) is 0 Å². The van der Waals surface area contributed by atoms with Crippen LogP contribution >= 0.6 is 0 Å². The van der Waals surface area contributed by atoms with Crippen LogP contribution in [0.25, 0.3) is 0 Å². The summed E-state index contributed by atoms with van der Waals surface area (Å²) in [7, 11) is 4.10. The summed E-state index contributed by atoms with van der Waals surface area (Å²) in [6.45, 7) is 5.99. The Labute approximate surface area is 121 Å². The fourth-order valence-corrected chi connectivity index (χ4v) is 2.17. The number of hydrogen-bond acceptors (Lipinski definition) is 3. The summed E-state index contributed by atoms with van der Waals surface area (Å²) in [5, 5.41) is 8.03. The topological polar surface area (TPSA) is 33.1 Å². The molecule has 0 bridgehead atoms. The molecule has 0 aliphatic heterocycles. The molecule has 0 unspecified atom stereocenters. The van der Waals surface area contributed by atoms with Crippen molar-refractivity contribution in [3.63, 3.8) is 0 Å². The molecule has 0 saturated heterocycles. The van der Waals surface area contributed by atoms with Gasteiger partial charge in [0.2, 0.25) is 0 Å². The Morgan fingerprint density at radius 1 is 1.15 bits per heavy atom. The minimum Gasteiger partial charge on any atom is -0.379 e. The first-order chi connectivity index (χ1) is 9.63. The minimum atomic E-state index is 0.808. The number of benzene rings is 1. The van der Waals surface area contributed by atoms with Gasteiger partial charge in [-0.05, 0) is 43.7 Å². The van der Waals surface area contributed by atoms with E-state index in [2.05, 4.69) is 78.3 Å². The second-order valence-electron chi connectivity index (χ2n) is 5.09. The summed E-state index contributed by atoms with van der Waals surface area (Å²) in [6.07, 6.45) is 0.984. The third kappa shape index (κ3) is 3.32. The highest BCUT2D eigenvalue weighted by atomic mass is 15.3. The highest BCUT2D eigenvalue weighted by molar-refractivity contribution is 5.54. The lowest BCUT2D eigenvalue weighted by Crippen LogP contribution is -2.09. The summed E-state index contributed by atoms with van der Waals surface area (Å²) >= 11 is 0. The van der Waals surface area contributed by atoms with Crippen molar-refractivity contribution >= 4 is 11.4 Å². The van der Waals surface area contributed by atoms with Crippen molar-refractivity contribution < 1.29 is 0 Å². The molecule has 1 aromatic carbocycles. The van der Waals surface area contributed by atoms with Crippen molar-refractivity contribution in [2.45, 2.75) is 33.4 Å². The predicted molar refractivity (Wildman–Crippen MR) is 85.4 cm³/mol. The predicted octanol–water partition coefficient (Wildman–Crippen LogP) is 3.14. The highest BCUT2D eigenvalue weighted by Gasteiger charge is 2.05. The van der Waals surface area contributed by atoms with Crippen LogP contribution in [0.2, 0.25) is 0 Å². The first-order valence-corrected chi connectivity index (χ1v) is 7.21. The Morgan fingerprint density at radius 3 is 2.40 bits per heavy atom. The van der Waals surface area contributed by atoms with Crippen LogP contribution in [-0.2, 0) is 19.5 Å². The molecule has 2 rings (SSSR count). The molecular formula is C16H24N4. The quantitative estimate of drug-likeness (QED) is 0.877. The summed E-state index contributed by atoms with van der Waals surface area (Å²) in [5.74, 6) is 0. The van der Waals surface area contributed by atoms with E-state index in [1.165, 1.54) is 11.4 Å². The number of nitrogens with zero attached hydrogens (tertiary/aromatic N) is 3. The molecule has 0 saturated carbocycles. The lowest BCUT2D eigenvalue weighted by molar-refractivity contribution is 0.619. The highest BCUT2D eigenvalue weighted by Crippen LogP contribution is 2.16. The maximum Gasteiger partial charge on any atom is 0.0625 e. The summed E-state index contributed by atoms with van der Waals surface area (Å²) < 4.78 is 2.07. The number of aromatic nitrogens is 2. The first kappa shape index (κ1) is 14.4. The number of aryl methyl sites for hydroxylation is 2. The monoisotopic (exact) mass is 272 g/mol. The molecule has 1 aromatic heterocycles. The SMILES string of the molecule is CCc1cc(CNc2ccc(N(C)C)cc2)n(CC)n1. The number of rotatable bonds is 6. The molecule has 2 aromatic rings. The second kappa shape index (κ2) is 6.46. The lowest BCUT2D eigenvalue weighted by Gasteiger charge is -2.13. The summed E-state index contributed by atoms with van der Waals surface area (Å²) in [5.41, 5.74) is 4.74. The number of nitrogens with one attached hydrogen (secondary N) is 1. The standard InChI is InChI=1S/C16H24N4/c1-5-13-11-16(20(6-2)18-13)12-17-14-7-9-15(10-8-14)19(3)4/h7-11,17H,5-6,12H2,1-4H3. The zero-order valence-electron chi connectivity index (χ0n) is 12.8. The van der Waals surface area contributed by atoms with Crippen LogP contribution in [0.3, 0.4) is 0 Å². The van der Waals surface area contributed by atoms with E-state index in [0.29, 0.717) is 0 Å². The molecule has 0 amide bonds. The molecule has 0 radical (unpaired) electrons. The average molecular weight is 272 g/mol. The van der Waals surface area contributed by atoms with Gasteiger partial charge < -0.3 is 10.2 Å². The van der Waals surface area contributed by atoms with Crippen LogP contribution < -0.4 is 10.2 Å². The van der Waals surface area contributed by atoms with Crippen LogP contribution in [0.15, 0.2) is 30.3 Å². The second-order valence-corrected chi connectivity index (χ2v) is 5.09. The summed E-state index contributed by atoms with van der Waals surface area (Å²) in [4.78, 5) is 2.10. The van der Waals surface area contributed by atoms with Gasteiger partial charge in [0.1, 0.15) is 0 Å². The Balaban J connectivity index is 2.02. The van der Waals surface area contributed by atoms with Gasteiger partial charge in [-0.3, -0.25) is 4.68 Å². The minimum absolute atomic E-state index is 0.808. The maximum absolute atomic E-state index is 4.57. The van der Waals surface area contributed by atoms with Crippen LogP contribution in [0, 0.1) is 0 Å². The molecule has 1 heterocycles. The Kier molecular flexibility index (Phi) is 4.66. The van der Waals surface area contributed by atoms with Crippen molar-refractivity contribution in [1.29, 1.82) is 0 Å². The largest absolute Gasteiger partial charge is 0.379 e. The van der Waals surface area contributed by atoms with Gasteiger partial charge in [0.25, 0.3) is 0 Å². The fourth-order valence-electron chi connectivity index (χ4n) is 2.17. The van der Waals surface area contributed by atoms with Crippen LogP contribution in [0.4, 0.5) is 11.4 Å². The van der Waals surface area contributed by atoms with Crippen LogP contribution in [0.1, 0.15) is 25.2 Å². The lowest BCUT2D eigenvalue weighted by atomic mass is 10.2. The fraction of sp³-hybridized carbons (Fsp3) is 0.438. The molecule has 0 atom stereocenters. The molecule has 0 spiro atoms. The molecule has 108 valence electrons. The van der Waals surface area contributed by atoms with Crippen molar-refractivity contribution in [2.24, 2.45) is 0 Å².